The maximum absolute atomic E-state index is 14.1. The highest BCUT2D eigenvalue weighted by Gasteiger charge is 2.34. The Kier molecular flexibility index (Phi) is 8.13. The number of H-pyrrole nitrogens is 1. The Balaban J connectivity index is 1.34. The molecule has 4 aromatic rings. The predicted octanol–water partition coefficient (Wildman–Crippen LogP) is 5.92. The molecule has 0 atom stereocenters. The second-order valence-electron chi connectivity index (χ2n) is 10.0. The number of aryl methyl sites for hydroxylation is 1. The number of fused-ring (bicyclic) bond motifs is 1. The number of pyridine rings is 1. The number of piperazine rings is 1. The summed E-state index contributed by atoms with van der Waals surface area (Å²) in [7, 11) is 0. The maximum atomic E-state index is 14.1. The van der Waals surface area contributed by atoms with E-state index in [9.17, 15) is 18.0 Å². The number of carbonyl (C=O) groups is 1. The molecule has 2 aromatic carbocycles. The molecule has 5 rings (SSSR count). The topological polar surface area (TPSA) is 98.4 Å². The summed E-state index contributed by atoms with van der Waals surface area (Å²) in [6, 6.07) is 11.1. The van der Waals surface area contributed by atoms with E-state index in [1.807, 2.05) is 6.92 Å². The number of halogens is 3. The number of ether oxygens (including phenoxy) is 1. The van der Waals surface area contributed by atoms with Gasteiger partial charge in [-0.2, -0.15) is 13.2 Å². The van der Waals surface area contributed by atoms with Crippen molar-refractivity contribution in [3.8, 4) is 11.5 Å². The second-order valence-corrected chi connectivity index (χ2v) is 10.0. The van der Waals surface area contributed by atoms with E-state index < -0.39 is 11.7 Å². The fourth-order valence-electron chi connectivity index (χ4n) is 4.91. The number of amides is 1. The second kappa shape index (κ2) is 11.8. The minimum Gasteiger partial charge on any atom is -0.457 e. The number of hydrogen-bond acceptors (Lipinski definition) is 7. The predicted molar refractivity (Wildman–Crippen MR) is 152 cm³/mol. The van der Waals surface area contributed by atoms with Gasteiger partial charge in [0.05, 0.1) is 16.6 Å². The number of aromatic amines is 1. The molecule has 1 saturated heterocycles. The molecule has 1 amide bonds. The molecular weight excluding hydrogens is 535 g/mol. The number of rotatable bonds is 8. The number of likely N-dealkylation sites (N-methyl/N-ethyl adjacent to an activating group) is 1. The normalized spacial score (nSPS) is 14.8. The van der Waals surface area contributed by atoms with Crippen molar-refractivity contribution in [1.29, 1.82) is 0 Å². The number of benzene rings is 2. The van der Waals surface area contributed by atoms with E-state index in [0.29, 0.717) is 34.3 Å². The van der Waals surface area contributed by atoms with Crippen molar-refractivity contribution in [2.45, 2.75) is 33.5 Å². The summed E-state index contributed by atoms with van der Waals surface area (Å²) in [5.74, 6) is 1.47. The molecule has 216 valence electrons. The highest BCUT2D eigenvalue weighted by Crippen LogP contribution is 2.36. The summed E-state index contributed by atoms with van der Waals surface area (Å²) in [6.45, 7) is 9.74. The molecule has 2 aromatic heterocycles. The SMILES string of the molecule is CCN1CCN(Cc2ccc(Nc3nc4ccc(Oc5ccnc(NC(C)=O)c5)c(C)c4[nH]3)cc2C(F)(F)F)CC1. The minimum atomic E-state index is -4.48. The van der Waals surface area contributed by atoms with Crippen LogP contribution in [-0.4, -0.2) is 63.4 Å². The first kappa shape index (κ1) is 28.4. The van der Waals surface area contributed by atoms with Crippen LogP contribution in [0.3, 0.4) is 0 Å². The number of imidazole rings is 1. The highest BCUT2D eigenvalue weighted by atomic mass is 19.4. The van der Waals surface area contributed by atoms with E-state index in [1.54, 1.807) is 36.4 Å². The Bertz CT molecular complexity index is 1550. The lowest BCUT2D eigenvalue weighted by Crippen LogP contribution is -2.45. The van der Waals surface area contributed by atoms with Gasteiger partial charge in [-0.1, -0.05) is 13.0 Å². The van der Waals surface area contributed by atoms with Crippen LogP contribution in [0, 0.1) is 6.92 Å². The molecule has 0 bridgehead atoms. The van der Waals surface area contributed by atoms with Crippen molar-refractivity contribution in [2.75, 3.05) is 43.4 Å². The Morgan fingerprint density at radius 2 is 1.83 bits per heavy atom. The summed E-state index contributed by atoms with van der Waals surface area (Å²) in [5.41, 5.74) is 1.96. The van der Waals surface area contributed by atoms with Crippen LogP contribution in [0.1, 0.15) is 30.5 Å². The van der Waals surface area contributed by atoms with Gasteiger partial charge in [0, 0.05) is 63.2 Å². The van der Waals surface area contributed by atoms with Crippen LogP contribution in [0.15, 0.2) is 48.7 Å². The fraction of sp³-hybridized carbons (Fsp3) is 0.345. The monoisotopic (exact) mass is 567 g/mol. The van der Waals surface area contributed by atoms with Gasteiger partial charge in [0.2, 0.25) is 11.9 Å². The van der Waals surface area contributed by atoms with Crippen LogP contribution in [-0.2, 0) is 17.5 Å². The van der Waals surface area contributed by atoms with Crippen LogP contribution in [0.5, 0.6) is 11.5 Å². The van der Waals surface area contributed by atoms with Gasteiger partial charge in [0.25, 0.3) is 0 Å². The van der Waals surface area contributed by atoms with Crippen LogP contribution in [0.4, 0.5) is 30.6 Å². The van der Waals surface area contributed by atoms with Gasteiger partial charge in [0.1, 0.15) is 17.3 Å². The van der Waals surface area contributed by atoms with Gasteiger partial charge < -0.3 is 25.3 Å². The number of alkyl halides is 3. The van der Waals surface area contributed by atoms with E-state index >= 15 is 0 Å². The van der Waals surface area contributed by atoms with Crippen LogP contribution in [0.2, 0.25) is 0 Å². The molecule has 0 unspecified atom stereocenters. The number of anilines is 3. The smallest absolute Gasteiger partial charge is 0.416 e. The molecule has 41 heavy (non-hydrogen) atoms. The first-order valence-corrected chi connectivity index (χ1v) is 13.4. The Morgan fingerprint density at radius 1 is 1.07 bits per heavy atom. The summed E-state index contributed by atoms with van der Waals surface area (Å²) in [5, 5.41) is 5.61. The third-order valence-electron chi connectivity index (χ3n) is 7.12. The third-order valence-corrected chi connectivity index (χ3v) is 7.12. The Morgan fingerprint density at radius 3 is 2.54 bits per heavy atom. The molecular formula is C29H32F3N7O2. The van der Waals surface area contributed by atoms with E-state index in [1.165, 1.54) is 13.1 Å². The Hall–Kier alpha value is -4.16. The molecule has 0 spiro atoms. The average molecular weight is 568 g/mol. The van der Waals surface area contributed by atoms with Gasteiger partial charge in [-0.25, -0.2) is 9.97 Å². The average Bonchev–Trinajstić information content (AvgIpc) is 3.34. The van der Waals surface area contributed by atoms with Crippen molar-refractivity contribution in [3.05, 3.63) is 65.4 Å². The maximum Gasteiger partial charge on any atom is 0.416 e. The molecule has 9 nitrogen and oxygen atoms in total. The van der Waals surface area contributed by atoms with Gasteiger partial charge >= 0.3 is 6.18 Å². The van der Waals surface area contributed by atoms with E-state index in [-0.39, 0.29) is 23.7 Å². The van der Waals surface area contributed by atoms with Crippen LogP contribution >= 0.6 is 0 Å². The van der Waals surface area contributed by atoms with Crippen molar-refractivity contribution in [1.82, 2.24) is 24.8 Å². The molecule has 1 aliphatic rings. The van der Waals surface area contributed by atoms with Crippen molar-refractivity contribution in [2.24, 2.45) is 0 Å². The zero-order valence-corrected chi connectivity index (χ0v) is 23.1. The van der Waals surface area contributed by atoms with Crippen molar-refractivity contribution >= 4 is 34.4 Å². The Labute approximate surface area is 235 Å². The first-order valence-electron chi connectivity index (χ1n) is 13.4. The number of nitrogens with zero attached hydrogens (tertiary/aromatic N) is 4. The summed E-state index contributed by atoms with van der Waals surface area (Å²) in [6.07, 6.45) is -2.96. The quantitative estimate of drug-likeness (QED) is 0.243. The molecule has 0 radical (unpaired) electrons. The molecule has 1 aliphatic heterocycles. The number of carbonyl (C=O) groups excluding carboxylic acids is 1. The molecule has 12 heteroatoms. The van der Waals surface area contributed by atoms with Crippen molar-refractivity contribution < 1.29 is 22.7 Å². The zero-order valence-electron chi connectivity index (χ0n) is 23.1. The number of aromatic nitrogens is 3. The van der Waals surface area contributed by atoms with Crippen LogP contribution in [0.25, 0.3) is 11.0 Å². The molecule has 0 saturated carbocycles. The molecule has 0 aliphatic carbocycles. The largest absolute Gasteiger partial charge is 0.457 e. The van der Waals surface area contributed by atoms with E-state index in [2.05, 4.69) is 42.3 Å². The zero-order chi connectivity index (χ0) is 29.1. The van der Waals surface area contributed by atoms with Gasteiger partial charge in [0.15, 0.2) is 0 Å². The molecule has 1 fully saturated rings. The molecule has 3 N–H and O–H groups in total. The lowest BCUT2D eigenvalue weighted by Gasteiger charge is -2.34. The fourth-order valence-corrected chi connectivity index (χ4v) is 4.91. The van der Waals surface area contributed by atoms with Gasteiger partial charge in [-0.3, -0.25) is 9.69 Å². The molecule has 3 heterocycles. The van der Waals surface area contributed by atoms with Gasteiger partial charge in [-0.15, -0.1) is 0 Å². The first-order chi connectivity index (χ1) is 19.6. The number of nitrogens with one attached hydrogen (secondary N) is 3. The summed E-state index contributed by atoms with van der Waals surface area (Å²) >= 11 is 0. The minimum absolute atomic E-state index is 0.243. The summed E-state index contributed by atoms with van der Waals surface area (Å²) < 4.78 is 48.2. The highest BCUT2D eigenvalue weighted by molar-refractivity contribution is 5.87. The van der Waals surface area contributed by atoms with Crippen molar-refractivity contribution in [3.63, 3.8) is 0 Å². The lowest BCUT2D eigenvalue weighted by molar-refractivity contribution is -0.138. The number of hydrogen-bond donors (Lipinski definition) is 3. The lowest BCUT2D eigenvalue weighted by atomic mass is 10.0. The third kappa shape index (κ3) is 6.77. The van der Waals surface area contributed by atoms with E-state index in [4.69, 9.17) is 4.74 Å². The van der Waals surface area contributed by atoms with Crippen LogP contribution < -0.4 is 15.4 Å². The van der Waals surface area contributed by atoms with E-state index in [0.717, 1.165) is 44.4 Å². The van der Waals surface area contributed by atoms with Gasteiger partial charge in [-0.05, 0) is 49.4 Å². The summed E-state index contributed by atoms with van der Waals surface area (Å²) in [4.78, 5) is 27.5. The standard InChI is InChI=1S/C29H32F3N7O2/c1-4-38-11-13-39(14-12-38)17-20-5-6-21(15-23(20)29(30,31)32)35-28-36-24-7-8-25(18(2)27(24)37-28)41-22-9-10-33-26(16-22)34-19(3)40/h5-10,15-16H,4,11-14,17H2,1-3H3,(H,33,34,40)(H2,35,36,37).